The van der Waals surface area contributed by atoms with Gasteiger partial charge in [0.05, 0.1) is 0 Å². The van der Waals surface area contributed by atoms with Gasteiger partial charge in [0.2, 0.25) is 5.96 Å². The molecule has 0 bridgehead atoms. The minimum absolute atomic E-state index is 0.368. The van der Waals surface area contributed by atoms with Crippen LogP contribution >= 0.6 is 11.8 Å². The lowest BCUT2D eigenvalue weighted by Crippen LogP contribution is -2.46. The first-order valence-electron chi connectivity index (χ1n) is 6.34. The first kappa shape index (κ1) is 14.6. The van der Waals surface area contributed by atoms with Gasteiger partial charge in [-0.15, -0.1) is 0 Å². The summed E-state index contributed by atoms with van der Waals surface area (Å²) in [5.41, 5.74) is 2.75. The van der Waals surface area contributed by atoms with E-state index in [1.165, 1.54) is 6.42 Å². The van der Waals surface area contributed by atoms with Crippen molar-refractivity contribution in [1.29, 1.82) is 0 Å². The molecule has 5 heteroatoms. The fourth-order valence-electron chi connectivity index (χ4n) is 1.74. The van der Waals surface area contributed by atoms with Crippen molar-refractivity contribution in [3.63, 3.8) is 0 Å². The predicted octanol–water partition coefficient (Wildman–Crippen LogP) is 1.68. The van der Waals surface area contributed by atoms with Gasteiger partial charge in [0, 0.05) is 30.1 Å². The Morgan fingerprint density at radius 3 is 2.76 bits per heavy atom. The molecule has 0 aromatic heterocycles. The number of hydrazine groups is 1. The first-order valence-corrected chi connectivity index (χ1v) is 7.33. The van der Waals surface area contributed by atoms with Crippen molar-refractivity contribution in [3.8, 4) is 0 Å². The molecule has 0 aliphatic carbocycles. The van der Waals surface area contributed by atoms with Gasteiger partial charge in [0.15, 0.2) is 0 Å². The van der Waals surface area contributed by atoms with Gasteiger partial charge in [-0.1, -0.05) is 27.7 Å². The second-order valence-corrected chi connectivity index (χ2v) is 7.35. The van der Waals surface area contributed by atoms with Crippen LogP contribution < -0.4 is 11.3 Å². The molecule has 1 heterocycles. The van der Waals surface area contributed by atoms with Crippen molar-refractivity contribution < 1.29 is 0 Å². The predicted molar refractivity (Wildman–Crippen MR) is 77.2 cm³/mol. The third kappa shape index (κ3) is 5.17. The van der Waals surface area contributed by atoms with E-state index in [2.05, 4.69) is 43.0 Å². The number of thioether (sulfide) groups is 1. The van der Waals surface area contributed by atoms with Crippen LogP contribution in [-0.4, -0.2) is 41.0 Å². The van der Waals surface area contributed by atoms with E-state index in [0.717, 1.165) is 31.3 Å². The fraction of sp³-hybridized carbons (Fsp3) is 0.917. The molecule has 0 saturated carbocycles. The zero-order valence-corrected chi connectivity index (χ0v) is 12.3. The van der Waals surface area contributed by atoms with E-state index in [0.29, 0.717) is 10.7 Å². The molecule has 17 heavy (non-hydrogen) atoms. The Bertz CT molecular complexity index is 263. The number of nitrogens with zero attached hydrogens (tertiary/aromatic N) is 2. The van der Waals surface area contributed by atoms with E-state index in [9.17, 15) is 0 Å². The number of guanidine groups is 1. The Balaban J connectivity index is 2.60. The highest BCUT2D eigenvalue weighted by molar-refractivity contribution is 8.00. The maximum atomic E-state index is 5.58. The highest BCUT2D eigenvalue weighted by Gasteiger charge is 2.24. The Hall–Kier alpha value is -0.420. The minimum atomic E-state index is 0.368. The van der Waals surface area contributed by atoms with E-state index in [1.54, 1.807) is 0 Å². The molecule has 1 saturated heterocycles. The summed E-state index contributed by atoms with van der Waals surface area (Å²) in [4.78, 5) is 6.82. The molecule has 3 N–H and O–H groups in total. The average Bonchev–Trinajstić information content (AvgIpc) is 2.41. The van der Waals surface area contributed by atoms with Gasteiger partial charge >= 0.3 is 0 Å². The highest BCUT2D eigenvalue weighted by atomic mass is 32.2. The summed E-state index contributed by atoms with van der Waals surface area (Å²) in [7, 11) is 0. The smallest absolute Gasteiger partial charge is 0.208 e. The molecule has 0 unspecified atom stereocenters. The summed E-state index contributed by atoms with van der Waals surface area (Å²) in [6, 6.07) is 0. The molecule has 0 amide bonds. The van der Waals surface area contributed by atoms with Crippen LogP contribution in [0.15, 0.2) is 4.99 Å². The lowest BCUT2D eigenvalue weighted by Gasteiger charge is -2.25. The van der Waals surface area contributed by atoms with E-state index in [4.69, 9.17) is 5.84 Å². The van der Waals surface area contributed by atoms with Crippen LogP contribution in [0, 0.1) is 5.92 Å². The first-order chi connectivity index (χ1) is 7.94. The fourth-order valence-corrected chi connectivity index (χ4v) is 2.84. The van der Waals surface area contributed by atoms with Gasteiger partial charge in [-0.25, -0.2) is 5.84 Å². The summed E-state index contributed by atoms with van der Waals surface area (Å²) in [5, 5.41) is 0. The van der Waals surface area contributed by atoms with Crippen LogP contribution in [0.5, 0.6) is 0 Å². The van der Waals surface area contributed by atoms with Crippen molar-refractivity contribution in [2.24, 2.45) is 16.8 Å². The van der Waals surface area contributed by atoms with Gasteiger partial charge in [-0.05, 0) is 12.3 Å². The largest absolute Gasteiger partial charge is 0.341 e. The summed E-state index contributed by atoms with van der Waals surface area (Å²) in [5.74, 6) is 8.12. The summed E-state index contributed by atoms with van der Waals surface area (Å²) >= 11 is 2.03. The number of aliphatic imine (C=N–C) groups is 1. The quantitative estimate of drug-likeness (QED) is 0.342. The molecule has 0 aromatic carbocycles. The molecular weight excluding hydrogens is 232 g/mol. The number of rotatable bonds is 2. The molecule has 100 valence electrons. The van der Waals surface area contributed by atoms with Crippen LogP contribution in [-0.2, 0) is 0 Å². The third-order valence-corrected chi connectivity index (χ3v) is 4.24. The van der Waals surface area contributed by atoms with E-state index in [1.807, 2.05) is 11.8 Å². The zero-order chi connectivity index (χ0) is 12.9. The Morgan fingerprint density at radius 2 is 2.18 bits per heavy atom. The molecule has 1 aliphatic heterocycles. The number of nitrogens with one attached hydrogen (secondary N) is 1. The molecule has 0 atom stereocenters. The minimum Gasteiger partial charge on any atom is -0.341 e. The van der Waals surface area contributed by atoms with Gasteiger partial charge in [-0.3, -0.25) is 10.4 Å². The molecular formula is C12H26N4S. The highest BCUT2D eigenvalue weighted by Crippen LogP contribution is 2.30. The Kier molecular flexibility index (Phi) is 5.59. The van der Waals surface area contributed by atoms with Crippen molar-refractivity contribution in [3.05, 3.63) is 0 Å². The van der Waals surface area contributed by atoms with E-state index in [-0.39, 0.29) is 0 Å². The monoisotopic (exact) mass is 258 g/mol. The molecule has 0 spiro atoms. The normalized spacial score (nSPS) is 21.5. The third-order valence-electron chi connectivity index (χ3n) is 2.87. The van der Waals surface area contributed by atoms with Crippen LogP contribution in [0.25, 0.3) is 0 Å². The maximum absolute atomic E-state index is 5.58. The molecule has 0 aromatic rings. The Labute approximate surface area is 109 Å². The summed E-state index contributed by atoms with van der Waals surface area (Å²) < 4.78 is 0.368. The van der Waals surface area contributed by atoms with Crippen molar-refractivity contribution in [1.82, 2.24) is 10.3 Å². The van der Waals surface area contributed by atoms with Crippen molar-refractivity contribution in [2.45, 2.75) is 38.9 Å². The summed E-state index contributed by atoms with van der Waals surface area (Å²) in [6.45, 7) is 11.8. The van der Waals surface area contributed by atoms with Crippen molar-refractivity contribution >= 4 is 17.7 Å². The topological polar surface area (TPSA) is 53.6 Å². The van der Waals surface area contributed by atoms with Gasteiger partial charge in [0.1, 0.15) is 0 Å². The second-order valence-electron chi connectivity index (χ2n) is 5.55. The molecule has 1 aliphatic rings. The molecule has 4 nitrogen and oxygen atoms in total. The van der Waals surface area contributed by atoms with E-state index >= 15 is 0 Å². The van der Waals surface area contributed by atoms with Gasteiger partial charge in [-0.2, -0.15) is 11.8 Å². The SMILES string of the molecule is CC(C)CN=C(NN)N1CCSC(C)(C)CC1. The lowest BCUT2D eigenvalue weighted by atomic mass is 10.1. The van der Waals surface area contributed by atoms with Gasteiger partial charge < -0.3 is 4.90 Å². The summed E-state index contributed by atoms with van der Waals surface area (Å²) in [6.07, 6.45) is 1.17. The van der Waals surface area contributed by atoms with Crippen LogP contribution in [0.3, 0.4) is 0 Å². The maximum Gasteiger partial charge on any atom is 0.208 e. The molecule has 1 fully saturated rings. The average molecular weight is 258 g/mol. The lowest BCUT2D eigenvalue weighted by molar-refractivity contribution is 0.406. The van der Waals surface area contributed by atoms with Crippen molar-refractivity contribution in [2.75, 3.05) is 25.4 Å². The number of hydrogen-bond donors (Lipinski definition) is 2. The van der Waals surface area contributed by atoms with Gasteiger partial charge in [0.25, 0.3) is 0 Å². The zero-order valence-electron chi connectivity index (χ0n) is 11.5. The van der Waals surface area contributed by atoms with Crippen LogP contribution in [0.2, 0.25) is 0 Å². The van der Waals surface area contributed by atoms with E-state index < -0.39 is 0 Å². The standard InChI is InChI=1S/C12H26N4S/c1-10(2)9-14-11(15-13)16-6-5-12(3,4)17-8-7-16/h10H,5-9,13H2,1-4H3,(H,14,15). The number of nitrogens with two attached hydrogens (primary N) is 1. The van der Waals surface area contributed by atoms with Crippen LogP contribution in [0.1, 0.15) is 34.1 Å². The number of hydrogen-bond acceptors (Lipinski definition) is 3. The Morgan fingerprint density at radius 1 is 1.47 bits per heavy atom. The second kappa shape index (κ2) is 6.50. The molecule has 0 radical (unpaired) electrons. The molecule has 1 rings (SSSR count). The van der Waals surface area contributed by atoms with Crippen LogP contribution in [0.4, 0.5) is 0 Å².